The van der Waals surface area contributed by atoms with Gasteiger partial charge >= 0.3 is 0 Å². The molecule has 2 rings (SSSR count). The second-order valence-corrected chi connectivity index (χ2v) is 4.88. The first kappa shape index (κ1) is 10.3. The highest BCUT2D eigenvalue weighted by atomic mass is 79.9. The van der Waals surface area contributed by atoms with Crippen molar-refractivity contribution in [3.8, 4) is 16.6 Å². The van der Waals surface area contributed by atoms with Gasteiger partial charge in [0.25, 0.3) is 0 Å². The lowest BCUT2D eigenvalue weighted by Gasteiger charge is -2.01. The molecule has 0 spiro atoms. The molecule has 0 amide bonds. The summed E-state index contributed by atoms with van der Waals surface area (Å²) in [4.78, 5) is 4.24. The number of nitrogens with zero attached hydrogens (tertiary/aromatic N) is 2. The third kappa shape index (κ3) is 2.09. The average Bonchev–Trinajstić information content (AvgIpc) is 2.70. The summed E-state index contributed by atoms with van der Waals surface area (Å²) >= 11 is 4.92. The molecular formula is C11H7BrN2S. The summed E-state index contributed by atoms with van der Waals surface area (Å²) in [6.07, 6.45) is 0. The third-order valence-corrected chi connectivity index (χ3v) is 3.42. The molecule has 0 aliphatic heterocycles. The van der Waals surface area contributed by atoms with Gasteiger partial charge in [-0.1, -0.05) is 22.0 Å². The Hall–Kier alpha value is -1.18. The van der Waals surface area contributed by atoms with Crippen LogP contribution in [0.25, 0.3) is 10.6 Å². The summed E-state index contributed by atoms with van der Waals surface area (Å²) in [6.45, 7) is 2.04. The third-order valence-electron chi connectivity index (χ3n) is 2.05. The number of nitriles is 1. The fraction of sp³-hybridized carbons (Fsp3) is 0.0909. The van der Waals surface area contributed by atoms with Crippen molar-refractivity contribution >= 4 is 27.3 Å². The summed E-state index contributed by atoms with van der Waals surface area (Å²) in [5.41, 5.74) is 2.72. The quantitative estimate of drug-likeness (QED) is 0.797. The maximum Gasteiger partial charge on any atom is 0.152 e. The van der Waals surface area contributed by atoms with Crippen molar-refractivity contribution in [1.29, 1.82) is 5.26 Å². The molecule has 15 heavy (non-hydrogen) atoms. The van der Waals surface area contributed by atoms with Crippen molar-refractivity contribution in [1.82, 2.24) is 4.98 Å². The minimum absolute atomic E-state index is 0.481. The molecule has 0 fully saturated rings. The lowest BCUT2D eigenvalue weighted by Crippen LogP contribution is -1.82. The Morgan fingerprint density at radius 2 is 2.27 bits per heavy atom. The molecule has 1 heterocycles. The highest BCUT2D eigenvalue weighted by Gasteiger charge is 2.07. The molecule has 0 saturated heterocycles. The number of aromatic nitrogens is 1. The Bertz CT molecular complexity index is 540. The number of aryl methyl sites for hydroxylation is 1. The van der Waals surface area contributed by atoms with E-state index in [0.717, 1.165) is 20.6 Å². The van der Waals surface area contributed by atoms with E-state index in [4.69, 9.17) is 5.26 Å². The van der Waals surface area contributed by atoms with E-state index in [1.54, 1.807) is 5.38 Å². The number of rotatable bonds is 1. The monoisotopic (exact) mass is 278 g/mol. The highest BCUT2D eigenvalue weighted by Crippen LogP contribution is 2.29. The number of benzene rings is 1. The normalized spacial score (nSPS) is 9.93. The van der Waals surface area contributed by atoms with Crippen LogP contribution in [0.4, 0.5) is 0 Å². The fourth-order valence-corrected chi connectivity index (χ4v) is 2.46. The highest BCUT2D eigenvalue weighted by molar-refractivity contribution is 9.10. The number of halogens is 1. The van der Waals surface area contributed by atoms with Crippen LogP contribution >= 0.6 is 27.3 Å². The van der Waals surface area contributed by atoms with Crippen LogP contribution in [0.3, 0.4) is 0 Å². The number of thiazole rings is 1. The molecular weight excluding hydrogens is 272 g/mol. The molecule has 4 heteroatoms. The Balaban J connectivity index is 2.54. The van der Waals surface area contributed by atoms with Gasteiger partial charge in [0.05, 0.1) is 0 Å². The summed E-state index contributed by atoms with van der Waals surface area (Å²) in [5, 5.41) is 11.4. The molecule has 1 aromatic carbocycles. The van der Waals surface area contributed by atoms with E-state index in [2.05, 4.69) is 20.9 Å². The van der Waals surface area contributed by atoms with Crippen LogP contribution in [0.2, 0.25) is 0 Å². The van der Waals surface area contributed by atoms with E-state index in [-0.39, 0.29) is 0 Å². The maximum atomic E-state index is 8.71. The Kier molecular flexibility index (Phi) is 2.85. The van der Waals surface area contributed by atoms with Gasteiger partial charge < -0.3 is 0 Å². The zero-order chi connectivity index (χ0) is 10.8. The zero-order valence-electron chi connectivity index (χ0n) is 7.99. The molecule has 0 atom stereocenters. The van der Waals surface area contributed by atoms with Crippen molar-refractivity contribution in [2.45, 2.75) is 6.92 Å². The lowest BCUT2D eigenvalue weighted by molar-refractivity contribution is 1.32. The predicted molar refractivity (Wildman–Crippen MR) is 64.7 cm³/mol. The second-order valence-electron chi connectivity index (χ2n) is 3.11. The van der Waals surface area contributed by atoms with E-state index < -0.39 is 0 Å². The van der Waals surface area contributed by atoms with E-state index >= 15 is 0 Å². The first-order valence-electron chi connectivity index (χ1n) is 4.33. The smallest absolute Gasteiger partial charge is 0.152 e. The van der Waals surface area contributed by atoms with Crippen LogP contribution in [0.15, 0.2) is 28.1 Å². The van der Waals surface area contributed by atoms with E-state index in [0.29, 0.717) is 5.69 Å². The molecule has 2 aromatic rings. The van der Waals surface area contributed by atoms with Crippen molar-refractivity contribution in [3.63, 3.8) is 0 Å². The first-order valence-corrected chi connectivity index (χ1v) is 6.00. The fourth-order valence-electron chi connectivity index (χ4n) is 1.27. The topological polar surface area (TPSA) is 36.7 Å². The van der Waals surface area contributed by atoms with Crippen molar-refractivity contribution in [2.75, 3.05) is 0 Å². The maximum absolute atomic E-state index is 8.71. The Morgan fingerprint density at radius 1 is 1.47 bits per heavy atom. The van der Waals surface area contributed by atoms with Gasteiger partial charge in [-0.15, -0.1) is 11.3 Å². The van der Waals surface area contributed by atoms with Crippen LogP contribution < -0.4 is 0 Å². The average molecular weight is 279 g/mol. The van der Waals surface area contributed by atoms with Gasteiger partial charge in [0.2, 0.25) is 0 Å². The van der Waals surface area contributed by atoms with Crippen LogP contribution in [0.5, 0.6) is 0 Å². The van der Waals surface area contributed by atoms with Gasteiger partial charge in [-0.3, -0.25) is 0 Å². The predicted octanol–water partition coefficient (Wildman–Crippen LogP) is 3.75. The summed E-state index contributed by atoms with van der Waals surface area (Å²) in [7, 11) is 0. The number of hydrogen-bond donors (Lipinski definition) is 0. The summed E-state index contributed by atoms with van der Waals surface area (Å²) < 4.78 is 1.02. The molecule has 74 valence electrons. The Labute approximate surface area is 100 Å². The molecule has 0 N–H and O–H groups in total. The van der Waals surface area contributed by atoms with Gasteiger partial charge in [0, 0.05) is 15.4 Å². The molecule has 0 aliphatic rings. The van der Waals surface area contributed by atoms with Crippen LogP contribution in [-0.2, 0) is 0 Å². The van der Waals surface area contributed by atoms with Crippen molar-refractivity contribution < 1.29 is 0 Å². The van der Waals surface area contributed by atoms with Gasteiger partial charge in [-0.25, -0.2) is 4.98 Å². The molecule has 0 radical (unpaired) electrons. The standard InChI is InChI=1S/C11H7BrN2S/c1-7-2-3-8(12)4-10(7)11-14-9(5-13)6-15-11/h2-4,6H,1H3. The van der Waals surface area contributed by atoms with E-state index in [1.165, 1.54) is 11.3 Å². The largest absolute Gasteiger partial charge is 0.225 e. The van der Waals surface area contributed by atoms with Gasteiger partial charge in [0.1, 0.15) is 11.1 Å². The molecule has 0 unspecified atom stereocenters. The molecule has 2 nitrogen and oxygen atoms in total. The molecule has 0 saturated carbocycles. The van der Waals surface area contributed by atoms with Gasteiger partial charge in [0.15, 0.2) is 5.69 Å². The van der Waals surface area contributed by atoms with E-state index in [9.17, 15) is 0 Å². The van der Waals surface area contributed by atoms with Crippen LogP contribution in [-0.4, -0.2) is 4.98 Å². The van der Waals surface area contributed by atoms with Crippen LogP contribution in [0, 0.1) is 18.3 Å². The Morgan fingerprint density at radius 3 is 2.93 bits per heavy atom. The SMILES string of the molecule is Cc1ccc(Br)cc1-c1nc(C#N)cs1. The zero-order valence-corrected chi connectivity index (χ0v) is 10.4. The molecule has 0 aliphatic carbocycles. The molecule has 1 aromatic heterocycles. The van der Waals surface area contributed by atoms with Gasteiger partial charge in [-0.2, -0.15) is 5.26 Å². The van der Waals surface area contributed by atoms with E-state index in [1.807, 2.05) is 31.2 Å². The van der Waals surface area contributed by atoms with Crippen LogP contribution in [0.1, 0.15) is 11.3 Å². The second kappa shape index (κ2) is 4.13. The van der Waals surface area contributed by atoms with Crippen molar-refractivity contribution in [3.05, 3.63) is 39.3 Å². The lowest BCUT2D eigenvalue weighted by atomic mass is 10.1. The number of hydrogen-bond acceptors (Lipinski definition) is 3. The minimum atomic E-state index is 0.481. The molecule has 0 bridgehead atoms. The summed E-state index contributed by atoms with van der Waals surface area (Å²) in [5.74, 6) is 0. The summed E-state index contributed by atoms with van der Waals surface area (Å²) in [6, 6.07) is 8.09. The first-order chi connectivity index (χ1) is 7.20. The minimum Gasteiger partial charge on any atom is -0.225 e. The van der Waals surface area contributed by atoms with Gasteiger partial charge in [-0.05, 0) is 24.6 Å². The van der Waals surface area contributed by atoms with Crippen molar-refractivity contribution in [2.24, 2.45) is 0 Å².